The van der Waals surface area contributed by atoms with Crippen LogP contribution < -0.4 is 5.53 Å². The summed E-state index contributed by atoms with van der Waals surface area (Å²) in [5.74, 6) is 0.701. The molecule has 0 radical (unpaired) electrons. The van der Waals surface area contributed by atoms with Crippen LogP contribution in [0.15, 0.2) is 36.3 Å². The number of alkyl halides is 1. The van der Waals surface area contributed by atoms with Crippen LogP contribution in [0.3, 0.4) is 0 Å². The summed E-state index contributed by atoms with van der Waals surface area (Å²) in [7, 11) is 0. The van der Waals surface area contributed by atoms with E-state index in [1.54, 1.807) is 0 Å². The summed E-state index contributed by atoms with van der Waals surface area (Å²) in [6.45, 7) is 0.936. The summed E-state index contributed by atoms with van der Waals surface area (Å²) < 4.78 is 0. The van der Waals surface area contributed by atoms with Crippen LogP contribution in [0.1, 0.15) is 6.42 Å². The van der Waals surface area contributed by atoms with E-state index in [1.807, 2.05) is 28.4 Å². The molecule has 2 rings (SSSR count). The Morgan fingerprint density at radius 2 is 2.31 bits per heavy atom. The Morgan fingerprint density at radius 3 is 3.08 bits per heavy atom. The predicted molar refractivity (Wildman–Crippen MR) is 53.4 cm³/mol. The zero-order valence-corrected chi connectivity index (χ0v) is 8.04. The first-order valence-electron chi connectivity index (χ1n) is 4.35. The number of hydrogen-bond acceptors (Lipinski definition) is 3. The fraction of sp³-hybridized carbons (Fsp3) is 0.333. The molecule has 2 aliphatic rings. The fourth-order valence-electron chi connectivity index (χ4n) is 1.32. The lowest BCUT2D eigenvalue weighted by molar-refractivity contribution is 0.175. The second-order valence-corrected chi connectivity index (χ2v) is 3.34. The van der Waals surface area contributed by atoms with E-state index >= 15 is 0 Å². The molecule has 3 nitrogen and oxygen atoms in total. The first kappa shape index (κ1) is 8.66. The molecule has 0 amide bonds. The van der Waals surface area contributed by atoms with Crippen molar-refractivity contribution in [2.45, 2.75) is 6.42 Å². The minimum absolute atomic E-state index is 0.701. The van der Waals surface area contributed by atoms with Crippen molar-refractivity contribution in [1.82, 2.24) is 15.6 Å². The van der Waals surface area contributed by atoms with Crippen molar-refractivity contribution in [1.29, 1.82) is 0 Å². The normalized spacial score (nSPS) is 19.3. The summed E-state index contributed by atoms with van der Waals surface area (Å²) in [6.07, 6.45) is 11.1. The second kappa shape index (κ2) is 3.85. The standard InChI is InChI=1S/C9H12ClN3/c10-5-3-6-12-8-9-4-1-2-7-13(9)11-12/h1-2,4,7-8,11H,3,5-6H2. The highest BCUT2D eigenvalue weighted by atomic mass is 35.5. The van der Waals surface area contributed by atoms with Crippen LogP contribution in [0.25, 0.3) is 0 Å². The average Bonchev–Trinajstić information content (AvgIpc) is 2.57. The number of halogens is 1. The van der Waals surface area contributed by atoms with E-state index in [0.717, 1.165) is 18.7 Å². The highest BCUT2D eigenvalue weighted by molar-refractivity contribution is 6.17. The van der Waals surface area contributed by atoms with Crippen molar-refractivity contribution in [3.05, 3.63) is 36.3 Å². The molecule has 0 aromatic heterocycles. The minimum atomic E-state index is 0.701. The molecule has 1 N–H and O–H groups in total. The Labute approximate surface area is 82.9 Å². The Kier molecular flexibility index (Phi) is 2.57. The van der Waals surface area contributed by atoms with Gasteiger partial charge in [0.2, 0.25) is 0 Å². The van der Waals surface area contributed by atoms with Gasteiger partial charge in [-0.05, 0) is 18.6 Å². The van der Waals surface area contributed by atoms with Crippen LogP contribution in [0.4, 0.5) is 0 Å². The van der Waals surface area contributed by atoms with E-state index < -0.39 is 0 Å². The lowest BCUT2D eigenvalue weighted by Crippen LogP contribution is -2.38. The molecule has 0 aliphatic carbocycles. The van der Waals surface area contributed by atoms with Gasteiger partial charge in [0, 0.05) is 24.8 Å². The average molecular weight is 198 g/mol. The largest absolute Gasteiger partial charge is 0.296 e. The maximum absolute atomic E-state index is 5.62. The van der Waals surface area contributed by atoms with Crippen molar-refractivity contribution in [3.8, 4) is 0 Å². The van der Waals surface area contributed by atoms with Gasteiger partial charge in [0.1, 0.15) is 0 Å². The number of nitrogens with zero attached hydrogens (tertiary/aromatic N) is 2. The maximum Gasteiger partial charge on any atom is 0.0762 e. The highest BCUT2D eigenvalue weighted by Crippen LogP contribution is 2.16. The minimum Gasteiger partial charge on any atom is -0.296 e. The van der Waals surface area contributed by atoms with Crippen LogP contribution in [0.2, 0.25) is 0 Å². The van der Waals surface area contributed by atoms with E-state index in [9.17, 15) is 0 Å². The Hall–Kier alpha value is -0.930. The van der Waals surface area contributed by atoms with E-state index in [4.69, 9.17) is 11.6 Å². The van der Waals surface area contributed by atoms with E-state index in [2.05, 4.69) is 17.8 Å². The topological polar surface area (TPSA) is 18.5 Å². The van der Waals surface area contributed by atoms with E-state index in [0.29, 0.717) is 5.88 Å². The molecule has 2 heterocycles. The van der Waals surface area contributed by atoms with Crippen LogP contribution in [0, 0.1) is 0 Å². The quantitative estimate of drug-likeness (QED) is 0.694. The van der Waals surface area contributed by atoms with Crippen LogP contribution in [-0.4, -0.2) is 22.4 Å². The molecule has 0 unspecified atom stereocenters. The highest BCUT2D eigenvalue weighted by Gasteiger charge is 2.16. The molecule has 13 heavy (non-hydrogen) atoms. The lowest BCUT2D eigenvalue weighted by Gasteiger charge is -2.21. The third kappa shape index (κ3) is 1.87. The molecular formula is C9H12ClN3. The fourth-order valence-corrected chi connectivity index (χ4v) is 1.44. The van der Waals surface area contributed by atoms with Gasteiger partial charge in [-0.1, -0.05) is 6.08 Å². The maximum atomic E-state index is 5.62. The van der Waals surface area contributed by atoms with Gasteiger partial charge in [-0.15, -0.1) is 17.1 Å². The van der Waals surface area contributed by atoms with Crippen molar-refractivity contribution >= 4 is 11.6 Å². The molecule has 4 heteroatoms. The molecule has 0 spiro atoms. The molecule has 2 aliphatic heterocycles. The van der Waals surface area contributed by atoms with Gasteiger partial charge in [-0.25, -0.2) is 0 Å². The van der Waals surface area contributed by atoms with Crippen molar-refractivity contribution in [2.75, 3.05) is 12.4 Å². The number of rotatable bonds is 3. The molecular weight excluding hydrogens is 186 g/mol. The zero-order chi connectivity index (χ0) is 9.10. The predicted octanol–water partition coefficient (Wildman–Crippen LogP) is 1.58. The van der Waals surface area contributed by atoms with Crippen molar-refractivity contribution in [2.24, 2.45) is 0 Å². The van der Waals surface area contributed by atoms with Gasteiger partial charge in [-0.3, -0.25) is 10.0 Å². The summed E-state index contributed by atoms with van der Waals surface area (Å²) in [5, 5.41) is 4.02. The van der Waals surface area contributed by atoms with Gasteiger partial charge in [0.25, 0.3) is 0 Å². The van der Waals surface area contributed by atoms with Crippen molar-refractivity contribution < 1.29 is 0 Å². The molecule has 0 saturated heterocycles. The van der Waals surface area contributed by atoms with E-state index in [-0.39, 0.29) is 0 Å². The third-order valence-corrected chi connectivity index (χ3v) is 2.22. The number of allylic oxidation sites excluding steroid dienone is 3. The lowest BCUT2D eigenvalue weighted by atomic mass is 10.3. The molecule has 0 bridgehead atoms. The molecule has 0 aromatic carbocycles. The van der Waals surface area contributed by atoms with Gasteiger partial charge in [0.15, 0.2) is 0 Å². The summed E-state index contributed by atoms with van der Waals surface area (Å²) in [6, 6.07) is 0. The van der Waals surface area contributed by atoms with E-state index in [1.165, 1.54) is 0 Å². The molecule has 0 saturated carbocycles. The van der Waals surface area contributed by atoms with Crippen LogP contribution >= 0.6 is 11.6 Å². The Morgan fingerprint density at radius 1 is 1.38 bits per heavy atom. The van der Waals surface area contributed by atoms with Crippen molar-refractivity contribution in [3.63, 3.8) is 0 Å². The van der Waals surface area contributed by atoms with Gasteiger partial charge >= 0.3 is 0 Å². The smallest absolute Gasteiger partial charge is 0.0762 e. The number of nitrogens with one attached hydrogen (secondary N) is 1. The molecule has 70 valence electrons. The zero-order valence-electron chi connectivity index (χ0n) is 7.28. The second-order valence-electron chi connectivity index (χ2n) is 2.96. The first-order valence-corrected chi connectivity index (χ1v) is 4.88. The Bertz CT molecular complexity index is 270. The monoisotopic (exact) mass is 197 g/mol. The number of fused-ring (bicyclic) bond motifs is 1. The molecule has 0 atom stereocenters. The SMILES string of the molecule is ClCCCN1C=C2C=CC=CN2N1. The number of hydrazine groups is 2. The van der Waals surface area contributed by atoms with Gasteiger partial charge < -0.3 is 0 Å². The summed E-state index contributed by atoms with van der Waals surface area (Å²) in [5.41, 5.74) is 4.37. The van der Waals surface area contributed by atoms with Gasteiger partial charge in [-0.2, -0.15) is 0 Å². The Balaban J connectivity index is 1.95. The summed E-state index contributed by atoms with van der Waals surface area (Å²) >= 11 is 5.62. The molecule has 0 fully saturated rings. The van der Waals surface area contributed by atoms with Gasteiger partial charge in [0.05, 0.1) is 5.70 Å². The molecule has 0 aromatic rings. The number of hydrogen-bond donors (Lipinski definition) is 1. The summed E-state index contributed by atoms with van der Waals surface area (Å²) in [4.78, 5) is 0. The third-order valence-electron chi connectivity index (χ3n) is 1.95. The van der Waals surface area contributed by atoms with Crippen LogP contribution in [-0.2, 0) is 0 Å². The van der Waals surface area contributed by atoms with Crippen LogP contribution in [0.5, 0.6) is 0 Å². The first-order chi connectivity index (χ1) is 6.40.